The summed E-state index contributed by atoms with van der Waals surface area (Å²) >= 11 is 0. The number of benzene rings is 2. The van der Waals surface area contributed by atoms with Crippen molar-refractivity contribution in [3.8, 4) is 5.75 Å². The maximum absolute atomic E-state index is 13.2. The van der Waals surface area contributed by atoms with Crippen LogP contribution in [0.2, 0.25) is 0 Å². The minimum absolute atomic E-state index is 0.138. The van der Waals surface area contributed by atoms with Crippen molar-refractivity contribution in [3.63, 3.8) is 0 Å². The second kappa shape index (κ2) is 9.10. The van der Waals surface area contributed by atoms with Crippen LogP contribution in [0.4, 0.5) is 26.3 Å². The number of carbonyl (C=O) groups is 1. The summed E-state index contributed by atoms with van der Waals surface area (Å²) in [7, 11) is -3.71. The van der Waals surface area contributed by atoms with Crippen molar-refractivity contribution in [2.75, 3.05) is 13.7 Å². The predicted octanol–water partition coefficient (Wildman–Crippen LogP) is 4.89. The van der Waals surface area contributed by atoms with Crippen molar-refractivity contribution in [2.24, 2.45) is 0 Å². The van der Waals surface area contributed by atoms with Crippen molar-refractivity contribution >= 4 is 16.0 Å². The van der Waals surface area contributed by atoms with E-state index < -0.39 is 57.0 Å². The van der Waals surface area contributed by atoms with E-state index in [1.54, 1.807) is 6.07 Å². The predicted molar refractivity (Wildman–Crippen MR) is 107 cm³/mol. The van der Waals surface area contributed by atoms with Crippen LogP contribution in [0.3, 0.4) is 0 Å². The van der Waals surface area contributed by atoms with E-state index in [0.717, 1.165) is 11.4 Å². The second-order valence-electron chi connectivity index (χ2n) is 7.68. The third-order valence-corrected chi connectivity index (χ3v) is 7.31. The Balaban J connectivity index is 2.06. The quantitative estimate of drug-likeness (QED) is 0.559. The normalized spacial score (nSPS) is 16.9. The third kappa shape index (κ3) is 5.30. The summed E-state index contributed by atoms with van der Waals surface area (Å²) in [6, 6.07) is 3.87. The lowest BCUT2D eigenvalue weighted by molar-refractivity contribution is -0.143. The third-order valence-electron chi connectivity index (χ3n) is 5.46. The van der Waals surface area contributed by atoms with Crippen LogP contribution in [-0.4, -0.2) is 37.5 Å². The smallest absolute Gasteiger partial charge is 0.416 e. The molecular weight excluding hydrogens is 492 g/mol. The molecule has 1 N–H and O–H groups in total. The van der Waals surface area contributed by atoms with Gasteiger partial charge in [0.05, 0.1) is 22.1 Å². The summed E-state index contributed by atoms with van der Waals surface area (Å²) < 4.78 is 112. The molecule has 1 atom stereocenters. The van der Waals surface area contributed by atoms with Crippen molar-refractivity contribution < 1.29 is 49.4 Å². The molecule has 13 heteroatoms. The summed E-state index contributed by atoms with van der Waals surface area (Å²) in [4.78, 5) is 9.69. The Morgan fingerprint density at radius 2 is 1.68 bits per heavy atom. The molecule has 0 amide bonds. The maximum atomic E-state index is 13.2. The summed E-state index contributed by atoms with van der Waals surface area (Å²) in [6.07, 6.45) is -9.29. The van der Waals surface area contributed by atoms with Gasteiger partial charge in [-0.15, -0.1) is 0 Å². The van der Waals surface area contributed by atoms with Gasteiger partial charge >= 0.3 is 18.3 Å². The number of carboxylic acids is 1. The van der Waals surface area contributed by atoms with Crippen molar-refractivity contribution in [1.82, 2.24) is 4.31 Å². The second-order valence-corrected chi connectivity index (χ2v) is 9.67. The fourth-order valence-corrected chi connectivity index (χ4v) is 5.29. The number of fused-ring (bicyclic) bond motifs is 1. The van der Waals surface area contributed by atoms with E-state index >= 15 is 0 Å². The average Bonchev–Trinajstić information content (AvgIpc) is 2.75. The standard InChI is InChI=1S/C21H19F6NO5S/c1-28(17-6-2-5-16-15(17)4-3-7-18(16)33-11-19(29)30)34(31,32)14-9-12(20(22,23)24)8-13(10-14)21(25,26)27/h3-4,7-10,17H,2,5-6,11H2,1H3,(H,29,30)/t17-/m1/s1. The highest BCUT2D eigenvalue weighted by Gasteiger charge is 2.40. The highest BCUT2D eigenvalue weighted by atomic mass is 32.2. The number of ether oxygens (including phenoxy) is 1. The Labute approximate surface area is 190 Å². The Hall–Kier alpha value is -2.80. The summed E-state index contributed by atoms with van der Waals surface area (Å²) in [5, 5.41) is 8.84. The van der Waals surface area contributed by atoms with Gasteiger partial charge in [0.15, 0.2) is 6.61 Å². The van der Waals surface area contributed by atoms with Crippen molar-refractivity contribution in [1.29, 1.82) is 0 Å². The minimum atomic E-state index is -5.20. The van der Waals surface area contributed by atoms with Crippen LogP contribution in [0, 0.1) is 0 Å². The molecule has 1 aliphatic rings. The lowest BCUT2D eigenvalue weighted by Gasteiger charge is -2.33. The van der Waals surface area contributed by atoms with E-state index in [9.17, 15) is 39.6 Å². The molecular formula is C21H19F6NO5S. The van der Waals surface area contributed by atoms with E-state index in [1.165, 1.54) is 12.1 Å². The number of hydrogen-bond donors (Lipinski definition) is 1. The minimum Gasteiger partial charge on any atom is -0.482 e. The zero-order valence-electron chi connectivity index (χ0n) is 17.6. The van der Waals surface area contributed by atoms with Crippen LogP contribution in [-0.2, 0) is 33.6 Å². The molecule has 2 aromatic carbocycles. The van der Waals surface area contributed by atoms with Gasteiger partial charge in [-0.05, 0) is 54.7 Å². The summed E-state index contributed by atoms with van der Waals surface area (Å²) in [5.74, 6) is -1.01. The molecule has 0 radical (unpaired) electrons. The number of halogens is 6. The molecule has 2 aromatic rings. The van der Waals surface area contributed by atoms with Gasteiger partial charge < -0.3 is 9.84 Å². The van der Waals surface area contributed by atoms with E-state index in [0.29, 0.717) is 24.0 Å². The Kier molecular flexibility index (Phi) is 6.91. The van der Waals surface area contributed by atoms with E-state index in [-0.39, 0.29) is 30.4 Å². The lowest BCUT2D eigenvalue weighted by Crippen LogP contribution is -2.34. The molecule has 0 saturated heterocycles. The maximum Gasteiger partial charge on any atom is 0.416 e. The fraction of sp³-hybridized carbons (Fsp3) is 0.381. The number of nitrogens with zero attached hydrogens (tertiary/aromatic N) is 1. The van der Waals surface area contributed by atoms with Crippen molar-refractivity contribution in [2.45, 2.75) is 42.6 Å². The average molecular weight is 511 g/mol. The molecule has 0 aromatic heterocycles. The highest BCUT2D eigenvalue weighted by Crippen LogP contribution is 2.42. The molecule has 0 saturated carbocycles. The first kappa shape index (κ1) is 25.8. The molecule has 0 unspecified atom stereocenters. The molecule has 1 aliphatic carbocycles. The summed E-state index contributed by atoms with van der Waals surface area (Å²) in [5.41, 5.74) is -2.50. The number of hydrogen-bond acceptors (Lipinski definition) is 4. The van der Waals surface area contributed by atoms with Gasteiger partial charge in [-0.3, -0.25) is 0 Å². The molecule has 34 heavy (non-hydrogen) atoms. The van der Waals surface area contributed by atoms with Gasteiger partial charge in [0, 0.05) is 7.05 Å². The highest BCUT2D eigenvalue weighted by molar-refractivity contribution is 7.89. The molecule has 0 bridgehead atoms. The number of alkyl halides is 6. The van der Waals surface area contributed by atoms with E-state index in [4.69, 9.17) is 9.84 Å². The first-order valence-corrected chi connectivity index (χ1v) is 11.3. The van der Waals surface area contributed by atoms with Gasteiger partial charge in [-0.1, -0.05) is 12.1 Å². The number of aliphatic carboxylic acids is 1. The van der Waals surface area contributed by atoms with Gasteiger partial charge in [-0.25, -0.2) is 13.2 Å². The van der Waals surface area contributed by atoms with Gasteiger partial charge in [0.2, 0.25) is 10.0 Å². The zero-order chi connectivity index (χ0) is 25.5. The number of rotatable bonds is 6. The monoisotopic (exact) mass is 511 g/mol. The first-order valence-electron chi connectivity index (χ1n) is 9.86. The van der Waals surface area contributed by atoms with Crippen LogP contribution >= 0.6 is 0 Å². The van der Waals surface area contributed by atoms with Crippen LogP contribution in [0.25, 0.3) is 0 Å². The SMILES string of the molecule is CN([C@@H]1CCCc2c(OCC(=O)O)cccc21)S(=O)(=O)c1cc(C(F)(F)F)cc(C(F)(F)F)c1. The van der Waals surface area contributed by atoms with Crippen molar-refractivity contribution in [3.05, 3.63) is 58.7 Å². The molecule has 3 rings (SSSR count). The van der Waals surface area contributed by atoms with Crippen LogP contribution in [0.15, 0.2) is 41.3 Å². The van der Waals surface area contributed by atoms with Crippen LogP contribution < -0.4 is 4.74 Å². The van der Waals surface area contributed by atoms with Crippen LogP contribution in [0.1, 0.15) is 41.1 Å². The van der Waals surface area contributed by atoms with E-state index in [2.05, 4.69) is 0 Å². The lowest BCUT2D eigenvalue weighted by atomic mass is 9.87. The summed E-state index contributed by atoms with van der Waals surface area (Å²) in [6.45, 7) is -0.639. The van der Waals surface area contributed by atoms with Gasteiger partial charge in [0.25, 0.3) is 0 Å². The first-order chi connectivity index (χ1) is 15.6. The van der Waals surface area contributed by atoms with Gasteiger partial charge in [-0.2, -0.15) is 30.6 Å². The largest absolute Gasteiger partial charge is 0.482 e. The number of sulfonamides is 1. The molecule has 0 aliphatic heterocycles. The molecule has 6 nitrogen and oxygen atoms in total. The molecule has 0 heterocycles. The van der Waals surface area contributed by atoms with Gasteiger partial charge in [0.1, 0.15) is 5.75 Å². The number of carboxylic acid groups (broad SMARTS) is 1. The Morgan fingerprint density at radius 1 is 1.09 bits per heavy atom. The van der Waals surface area contributed by atoms with E-state index in [1.807, 2.05) is 0 Å². The molecule has 0 fully saturated rings. The zero-order valence-corrected chi connectivity index (χ0v) is 18.4. The topological polar surface area (TPSA) is 83.9 Å². The Bertz CT molecular complexity index is 1160. The molecule has 186 valence electrons. The fourth-order valence-electron chi connectivity index (χ4n) is 3.85. The Morgan fingerprint density at radius 3 is 2.21 bits per heavy atom. The molecule has 0 spiro atoms. The van der Waals surface area contributed by atoms with Crippen LogP contribution in [0.5, 0.6) is 5.75 Å².